The second kappa shape index (κ2) is 6.98. The fourth-order valence-corrected chi connectivity index (χ4v) is 1.45. The number of methoxy groups -OCH3 is 2. The molecule has 0 aromatic heterocycles. The number of aliphatic carboxylic acids is 1. The molecule has 0 amide bonds. The van der Waals surface area contributed by atoms with E-state index >= 15 is 0 Å². The Labute approximate surface area is 106 Å². The minimum Gasteiger partial charge on any atom is -0.493 e. The van der Waals surface area contributed by atoms with E-state index in [0.717, 1.165) is 0 Å². The van der Waals surface area contributed by atoms with Gasteiger partial charge in [0.25, 0.3) is 0 Å². The summed E-state index contributed by atoms with van der Waals surface area (Å²) in [6, 6.07) is 4.97. The molecular formula is C11H16ClNO4. The molecule has 0 aliphatic rings. The number of benzene rings is 1. The van der Waals surface area contributed by atoms with Gasteiger partial charge in [0.1, 0.15) is 0 Å². The molecule has 1 atom stereocenters. The Morgan fingerprint density at radius 3 is 2.35 bits per heavy atom. The van der Waals surface area contributed by atoms with Gasteiger partial charge in [0, 0.05) is 6.54 Å². The van der Waals surface area contributed by atoms with Crippen molar-refractivity contribution in [2.45, 2.75) is 5.92 Å². The van der Waals surface area contributed by atoms with Crippen LogP contribution in [0.25, 0.3) is 0 Å². The maximum atomic E-state index is 10.9. The number of halogens is 1. The molecule has 0 radical (unpaired) electrons. The van der Waals surface area contributed by atoms with Crippen molar-refractivity contribution < 1.29 is 19.4 Å². The first-order chi connectivity index (χ1) is 7.63. The Morgan fingerprint density at radius 2 is 1.94 bits per heavy atom. The molecule has 0 aliphatic carbocycles. The van der Waals surface area contributed by atoms with E-state index in [0.29, 0.717) is 17.1 Å². The second-order valence-corrected chi connectivity index (χ2v) is 3.24. The lowest BCUT2D eigenvalue weighted by Crippen LogP contribution is -2.21. The third-order valence-corrected chi connectivity index (χ3v) is 2.34. The molecule has 5 nitrogen and oxygen atoms in total. The highest BCUT2D eigenvalue weighted by molar-refractivity contribution is 5.85. The highest BCUT2D eigenvalue weighted by atomic mass is 35.5. The lowest BCUT2D eigenvalue weighted by molar-refractivity contribution is -0.138. The largest absolute Gasteiger partial charge is 0.493 e. The van der Waals surface area contributed by atoms with E-state index < -0.39 is 11.9 Å². The minimum atomic E-state index is -0.949. The van der Waals surface area contributed by atoms with Crippen LogP contribution in [0.5, 0.6) is 11.5 Å². The lowest BCUT2D eigenvalue weighted by Gasteiger charge is -2.13. The van der Waals surface area contributed by atoms with E-state index in [9.17, 15) is 4.79 Å². The Kier molecular flexibility index (Phi) is 6.38. The highest BCUT2D eigenvalue weighted by Gasteiger charge is 2.19. The van der Waals surface area contributed by atoms with Crippen LogP contribution >= 0.6 is 12.4 Å². The summed E-state index contributed by atoms with van der Waals surface area (Å²) in [5.41, 5.74) is 6.02. The van der Waals surface area contributed by atoms with Gasteiger partial charge in [-0.15, -0.1) is 12.4 Å². The van der Waals surface area contributed by atoms with Crippen LogP contribution in [0.4, 0.5) is 0 Å². The van der Waals surface area contributed by atoms with Crippen LogP contribution in [-0.2, 0) is 4.79 Å². The van der Waals surface area contributed by atoms with Crippen molar-refractivity contribution in [3.63, 3.8) is 0 Å². The van der Waals surface area contributed by atoms with E-state index in [1.54, 1.807) is 18.2 Å². The zero-order valence-corrected chi connectivity index (χ0v) is 10.5. The van der Waals surface area contributed by atoms with Crippen molar-refractivity contribution in [1.29, 1.82) is 0 Å². The first kappa shape index (κ1) is 15.5. The fourth-order valence-electron chi connectivity index (χ4n) is 1.45. The van der Waals surface area contributed by atoms with Gasteiger partial charge >= 0.3 is 5.97 Å². The molecule has 1 unspecified atom stereocenters. The van der Waals surface area contributed by atoms with E-state index in [1.165, 1.54) is 14.2 Å². The monoisotopic (exact) mass is 261 g/mol. The molecule has 0 saturated heterocycles. The Hall–Kier alpha value is -1.46. The van der Waals surface area contributed by atoms with E-state index in [2.05, 4.69) is 0 Å². The molecular weight excluding hydrogens is 246 g/mol. The zero-order valence-electron chi connectivity index (χ0n) is 9.67. The average molecular weight is 262 g/mol. The molecule has 1 rings (SSSR count). The van der Waals surface area contributed by atoms with Gasteiger partial charge in [0.15, 0.2) is 11.5 Å². The number of rotatable bonds is 5. The van der Waals surface area contributed by atoms with Gasteiger partial charge in [-0.2, -0.15) is 0 Å². The van der Waals surface area contributed by atoms with E-state index in [1.807, 2.05) is 0 Å². The van der Waals surface area contributed by atoms with Crippen LogP contribution < -0.4 is 15.2 Å². The van der Waals surface area contributed by atoms with E-state index in [4.69, 9.17) is 20.3 Å². The Morgan fingerprint density at radius 1 is 1.35 bits per heavy atom. The van der Waals surface area contributed by atoms with Crippen LogP contribution in [0.15, 0.2) is 18.2 Å². The van der Waals surface area contributed by atoms with Crippen molar-refractivity contribution >= 4 is 18.4 Å². The summed E-state index contributed by atoms with van der Waals surface area (Å²) < 4.78 is 10.2. The number of hydrogen-bond acceptors (Lipinski definition) is 4. The minimum absolute atomic E-state index is 0. The fraction of sp³-hybridized carbons (Fsp3) is 0.364. The summed E-state index contributed by atoms with van der Waals surface area (Å²) in [4.78, 5) is 10.9. The Bertz CT molecular complexity index is 384. The standard InChI is InChI=1S/C11H15NO4.ClH/c1-15-9-4-3-7(5-10(9)16-2)8(6-12)11(13)14;/h3-5,8H,6,12H2,1-2H3,(H,13,14);1H. The quantitative estimate of drug-likeness (QED) is 0.834. The molecule has 6 heteroatoms. The maximum Gasteiger partial charge on any atom is 0.312 e. The molecule has 1 aromatic carbocycles. The second-order valence-electron chi connectivity index (χ2n) is 3.24. The summed E-state index contributed by atoms with van der Waals surface area (Å²) in [5.74, 6) is -0.610. The van der Waals surface area contributed by atoms with Crippen LogP contribution in [0.2, 0.25) is 0 Å². The molecule has 0 saturated carbocycles. The highest BCUT2D eigenvalue weighted by Crippen LogP contribution is 2.30. The van der Waals surface area contributed by atoms with Gasteiger partial charge in [0.2, 0.25) is 0 Å². The summed E-state index contributed by atoms with van der Waals surface area (Å²) in [5, 5.41) is 8.96. The normalized spacial score (nSPS) is 11.2. The maximum absolute atomic E-state index is 10.9. The number of carbonyl (C=O) groups is 1. The van der Waals surface area contributed by atoms with Crippen molar-refractivity contribution in [2.24, 2.45) is 5.73 Å². The number of nitrogens with two attached hydrogens (primary N) is 1. The van der Waals surface area contributed by atoms with Crippen molar-refractivity contribution in [2.75, 3.05) is 20.8 Å². The summed E-state index contributed by atoms with van der Waals surface area (Å²) >= 11 is 0. The van der Waals surface area contributed by atoms with Gasteiger partial charge in [-0.25, -0.2) is 0 Å². The van der Waals surface area contributed by atoms with Crippen LogP contribution in [-0.4, -0.2) is 31.8 Å². The number of ether oxygens (including phenoxy) is 2. The molecule has 0 aliphatic heterocycles. The average Bonchev–Trinajstić information content (AvgIpc) is 2.29. The van der Waals surface area contributed by atoms with Crippen LogP contribution in [0, 0.1) is 0 Å². The predicted octanol–water partition coefficient (Wildman–Crippen LogP) is 1.25. The predicted molar refractivity (Wildman–Crippen MR) is 66.2 cm³/mol. The molecule has 1 aromatic rings. The van der Waals surface area contributed by atoms with Crippen LogP contribution in [0.1, 0.15) is 11.5 Å². The molecule has 0 bridgehead atoms. The molecule has 0 spiro atoms. The number of hydrogen-bond donors (Lipinski definition) is 2. The van der Waals surface area contributed by atoms with Crippen molar-refractivity contribution in [3.8, 4) is 11.5 Å². The van der Waals surface area contributed by atoms with Crippen molar-refractivity contribution in [3.05, 3.63) is 23.8 Å². The Balaban J connectivity index is 0.00000256. The molecule has 0 heterocycles. The van der Waals surface area contributed by atoms with Gasteiger partial charge in [-0.3, -0.25) is 4.79 Å². The molecule has 0 fully saturated rings. The third-order valence-electron chi connectivity index (χ3n) is 2.34. The third kappa shape index (κ3) is 3.51. The smallest absolute Gasteiger partial charge is 0.312 e. The lowest BCUT2D eigenvalue weighted by atomic mass is 9.99. The summed E-state index contributed by atoms with van der Waals surface area (Å²) in [6.45, 7) is 0.0464. The van der Waals surface area contributed by atoms with Crippen molar-refractivity contribution in [1.82, 2.24) is 0 Å². The van der Waals surface area contributed by atoms with Gasteiger partial charge in [-0.05, 0) is 17.7 Å². The molecule has 3 N–H and O–H groups in total. The molecule has 17 heavy (non-hydrogen) atoms. The van der Waals surface area contributed by atoms with Crippen LogP contribution in [0.3, 0.4) is 0 Å². The first-order valence-electron chi connectivity index (χ1n) is 4.78. The van der Waals surface area contributed by atoms with E-state index in [-0.39, 0.29) is 19.0 Å². The zero-order chi connectivity index (χ0) is 12.1. The van der Waals surface area contributed by atoms with Gasteiger partial charge < -0.3 is 20.3 Å². The van der Waals surface area contributed by atoms with Gasteiger partial charge in [0.05, 0.1) is 20.1 Å². The number of carboxylic acid groups (broad SMARTS) is 1. The summed E-state index contributed by atoms with van der Waals surface area (Å²) in [7, 11) is 3.02. The van der Waals surface area contributed by atoms with Gasteiger partial charge in [-0.1, -0.05) is 6.07 Å². The summed E-state index contributed by atoms with van der Waals surface area (Å²) in [6.07, 6.45) is 0. The SMILES string of the molecule is COc1ccc(C(CN)C(=O)O)cc1OC.Cl. The molecule has 96 valence electrons. The topological polar surface area (TPSA) is 81.8 Å². The number of carboxylic acids is 1. The first-order valence-corrected chi connectivity index (χ1v) is 4.78.